The fourth-order valence-corrected chi connectivity index (χ4v) is 2.56. The van der Waals surface area contributed by atoms with E-state index in [0.717, 1.165) is 6.42 Å². The predicted molar refractivity (Wildman–Crippen MR) is 92.6 cm³/mol. The highest BCUT2D eigenvalue weighted by Crippen LogP contribution is 2.27. The van der Waals surface area contributed by atoms with Gasteiger partial charge in [-0.3, -0.25) is 0 Å². The number of hydrogen-bond donors (Lipinski definition) is 2. The molecule has 4 nitrogen and oxygen atoms in total. The molecule has 0 unspecified atom stereocenters. The molecule has 0 saturated heterocycles. The molecule has 0 atom stereocenters. The van der Waals surface area contributed by atoms with Gasteiger partial charge >= 0.3 is 6.03 Å². The molecular weight excluding hydrogens is 288 g/mol. The Hall–Kier alpha value is -2.33. The summed E-state index contributed by atoms with van der Waals surface area (Å²) in [5.74, 6) is 0.275. The number of nitrogens with one attached hydrogen (secondary N) is 2. The normalized spacial score (nSPS) is 10.5. The Morgan fingerprint density at radius 1 is 0.913 bits per heavy atom. The number of carbonyl (C=O) groups excluding carboxylic acids is 1. The number of carbonyl (C=O) groups is 1. The summed E-state index contributed by atoms with van der Waals surface area (Å²) in [7, 11) is 1.61. The Morgan fingerprint density at radius 3 is 1.96 bits per heavy atom. The quantitative estimate of drug-likeness (QED) is 0.736. The Labute approximate surface area is 137 Å². The van der Waals surface area contributed by atoms with Crippen molar-refractivity contribution >= 4 is 6.03 Å². The number of urea groups is 1. The van der Waals surface area contributed by atoms with Crippen molar-refractivity contribution in [1.29, 1.82) is 0 Å². The second-order valence-electron chi connectivity index (χ2n) is 5.34. The molecule has 0 heterocycles. The van der Waals surface area contributed by atoms with Gasteiger partial charge in [0.15, 0.2) is 0 Å². The summed E-state index contributed by atoms with van der Waals surface area (Å²) in [5.41, 5.74) is 2.53. The van der Waals surface area contributed by atoms with Gasteiger partial charge in [-0.2, -0.15) is 0 Å². The van der Waals surface area contributed by atoms with Crippen molar-refractivity contribution < 1.29 is 9.53 Å². The van der Waals surface area contributed by atoms with Crippen LogP contribution in [0.25, 0.3) is 0 Å². The zero-order chi connectivity index (χ0) is 16.3. The molecule has 0 aliphatic heterocycles. The lowest BCUT2D eigenvalue weighted by molar-refractivity contribution is 0.196. The summed E-state index contributed by atoms with van der Waals surface area (Å²) in [6.45, 7) is 1.65. The molecule has 0 fully saturated rings. The molecule has 0 radical (unpaired) electrons. The van der Waals surface area contributed by atoms with Crippen molar-refractivity contribution in [2.45, 2.75) is 12.3 Å². The van der Waals surface area contributed by atoms with Crippen LogP contribution in [0.3, 0.4) is 0 Å². The second-order valence-corrected chi connectivity index (χ2v) is 5.34. The van der Waals surface area contributed by atoms with E-state index in [1.54, 1.807) is 7.11 Å². The van der Waals surface area contributed by atoms with Crippen LogP contribution in [-0.4, -0.2) is 32.8 Å². The SMILES string of the molecule is COCCNC(=O)NCCC(c1ccccc1)c1ccccc1. The highest BCUT2D eigenvalue weighted by Gasteiger charge is 2.13. The Kier molecular flexibility index (Phi) is 7.14. The van der Waals surface area contributed by atoms with E-state index in [9.17, 15) is 4.79 Å². The molecule has 2 aromatic carbocycles. The van der Waals surface area contributed by atoms with Crippen molar-refractivity contribution in [2.24, 2.45) is 0 Å². The summed E-state index contributed by atoms with van der Waals surface area (Å²) < 4.78 is 4.91. The summed E-state index contributed by atoms with van der Waals surface area (Å²) in [6, 6.07) is 20.6. The van der Waals surface area contributed by atoms with E-state index in [1.165, 1.54) is 11.1 Å². The molecule has 0 bridgehead atoms. The van der Waals surface area contributed by atoms with Gasteiger partial charge in [-0.1, -0.05) is 60.7 Å². The number of hydrogen-bond acceptors (Lipinski definition) is 2. The van der Waals surface area contributed by atoms with Gasteiger partial charge in [0, 0.05) is 26.1 Å². The molecule has 23 heavy (non-hydrogen) atoms. The first-order valence-corrected chi connectivity index (χ1v) is 7.92. The van der Waals surface area contributed by atoms with Crippen molar-refractivity contribution in [2.75, 3.05) is 26.8 Å². The van der Waals surface area contributed by atoms with Gasteiger partial charge in [-0.25, -0.2) is 4.79 Å². The van der Waals surface area contributed by atoms with Crippen LogP contribution in [-0.2, 0) is 4.74 Å². The minimum absolute atomic E-state index is 0.151. The average Bonchev–Trinajstić information content (AvgIpc) is 2.60. The summed E-state index contributed by atoms with van der Waals surface area (Å²) in [4.78, 5) is 11.7. The zero-order valence-electron chi connectivity index (χ0n) is 13.5. The number of ether oxygens (including phenoxy) is 1. The van der Waals surface area contributed by atoms with Crippen LogP contribution >= 0.6 is 0 Å². The number of methoxy groups -OCH3 is 1. The maximum atomic E-state index is 11.7. The lowest BCUT2D eigenvalue weighted by Gasteiger charge is -2.18. The molecule has 0 aromatic heterocycles. The van der Waals surface area contributed by atoms with E-state index in [0.29, 0.717) is 19.7 Å². The number of rotatable bonds is 8. The minimum atomic E-state index is -0.151. The third-order valence-electron chi connectivity index (χ3n) is 3.71. The van der Waals surface area contributed by atoms with E-state index in [1.807, 2.05) is 12.1 Å². The Bertz CT molecular complexity index is 533. The molecule has 122 valence electrons. The van der Waals surface area contributed by atoms with Crippen molar-refractivity contribution in [3.05, 3.63) is 71.8 Å². The third-order valence-corrected chi connectivity index (χ3v) is 3.71. The van der Waals surface area contributed by atoms with Gasteiger partial charge in [0.05, 0.1) is 6.61 Å². The molecule has 2 N–H and O–H groups in total. The molecule has 2 rings (SSSR count). The highest BCUT2D eigenvalue weighted by molar-refractivity contribution is 5.73. The molecular formula is C19H24N2O2. The van der Waals surface area contributed by atoms with Crippen LogP contribution in [0.15, 0.2) is 60.7 Å². The van der Waals surface area contributed by atoms with Crippen molar-refractivity contribution in [3.8, 4) is 0 Å². The van der Waals surface area contributed by atoms with Crippen molar-refractivity contribution in [1.82, 2.24) is 10.6 Å². The highest BCUT2D eigenvalue weighted by atomic mass is 16.5. The molecule has 2 amide bonds. The molecule has 0 spiro atoms. The topological polar surface area (TPSA) is 50.4 Å². The van der Waals surface area contributed by atoms with Gasteiger partial charge in [-0.05, 0) is 17.5 Å². The lowest BCUT2D eigenvalue weighted by Crippen LogP contribution is -2.38. The number of benzene rings is 2. The molecule has 4 heteroatoms. The maximum Gasteiger partial charge on any atom is 0.314 e. The van der Waals surface area contributed by atoms with E-state index >= 15 is 0 Å². The van der Waals surface area contributed by atoms with Crippen LogP contribution in [0.1, 0.15) is 23.5 Å². The van der Waals surface area contributed by atoms with Crippen LogP contribution in [0, 0.1) is 0 Å². The van der Waals surface area contributed by atoms with Crippen LogP contribution in [0.2, 0.25) is 0 Å². The molecule has 0 aliphatic carbocycles. The standard InChI is InChI=1S/C19H24N2O2/c1-23-15-14-21-19(22)20-13-12-18(16-8-4-2-5-9-16)17-10-6-3-7-11-17/h2-11,18H,12-15H2,1H3,(H2,20,21,22). The fourth-order valence-electron chi connectivity index (χ4n) is 2.56. The maximum absolute atomic E-state index is 11.7. The molecule has 0 aliphatic rings. The first-order valence-electron chi connectivity index (χ1n) is 7.92. The number of amides is 2. The zero-order valence-corrected chi connectivity index (χ0v) is 13.5. The average molecular weight is 312 g/mol. The van der Waals surface area contributed by atoms with Crippen molar-refractivity contribution in [3.63, 3.8) is 0 Å². The minimum Gasteiger partial charge on any atom is -0.383 e. The van der Waals surface area contributed by atoms with Gasteiger partial charge in [0.2, 0.25) is 0 Å². The molecule has 0 saturated carbocycles. The van der Waals surface area contributed by atoms with E-state index in [2.05, 4.69) is 59.2 Å². The van der Waals surface area contributed by atoms with Gasteiger partial charge < -0.3 is 15.4 Å². The Morgan fingerprint density at radius 2 is 1.43 bits per heavy atom. The van der Waals surface area contributed by atoms with Gasteiger partial charge in [0.1, 0.15) is 0 Å². The second kappa shape index (κ2) is 9.64. The summed E-state index contributed by atoms with van der Waals surface area (Å²) in [5, 5.41) is 5.67. The van der Waals surface area contributed by atoms with Gasteiger partial charge in [-0.15, -0.1) is 0 Å². The van der Waals surface area contributed by atoms with Crippen LogP contribution in [0.4, 0.5) is 4.79 Å². The predicted octanol–water partition coefficient (Wildman–Crippen LogP) is 3.15. The summed E-state index contributed by atoms with van der Waals surface area (Å²) >= 11 is 0. The van der Waals surface area contributed by atoms with Gasteiger partial charge in [0.25, 0.3) is 0 Å². The Balaban J connectivity index is 1.93. The first kappa shape index (κ1) is 17.0. The van der Waals surface area contributed by atoms with Crippen LogP contribution < -0.4 is 10.6 Å². The van der Waals surface area contributed by atoms with Crippen LogP contribution in [0.5, 0.6) is 0 Å². The lowest BCUT2D eigenvalue weighted by atomic mass is 9.88. The fraction of sp³-hybridized carbons (Fsp3) is 0.316. The van der Waals surface area contributed by atoms with E-state index in [-0.39, 0.29) is 11.9 Å². The first-order chi connectivity index (χ1) is 11.3. The summed E-state index contributed by atoms with van der Waals surface area (Å²) in [6.07, 6.45) is 0.853. The van der Waals surface area contributed by atoms with E-state index < -0.39 is 0 Å². The third kappa shape index (κ3) is 5.75. The monoisotopic (exact) mass is 312 g/mol. The molecule has 2 aromatic rings. The largest absolute Gasteiger partial charge is 0.383 e. The van der Waals surface area contributed by atoms with E-state index in [4.69, 9.17) is 4.74 Å². The smallest absolute Gasteiger partial charge is 0.314 e.